The van der Waals surface area contributed by atoms with E-state index in [0.717, 1.165) is 25.8 Å². The van der Waals surface area contributed by atoms with Crippen LogP contribution in [0, 0.1) is 11.8 Å². The van der Waals surface area contributed by atoms with Gasteiger partial charge in [0.1, 0.15) is 0 Å². The topological polar surface area (TPSA) is 52.7 Å². The minimum Gasteiger partial charge on any atom is -0.319 e. The lowest BCUT2D eigenvalue weighted by atomic mass is 10.00. The van der Waals surface area contributed by atoms with Crippen LogP contribution in [-0.2, 0) is 10.2 Å². The van der Waals surface area contributed by atoms with E-state index in [4.69, 9.17) is 0 Å². The van der Waals surface area contributed by atoms with Gasteiger partial charge < -0.3 is 5.32 Å². The lowest BCUT2D eigenvalue weighted by molar-refractivity contribution is 0.247. The average molecular weight is 291 g/mol. The Labute approximate surface area is 118 Å². The van der Waals surface area contributed by atoms with E-state index in [1.807, 2.05) is 7.05 Å². The smallest absolute Gasteiger partial charge is 0.281 e. The Morgan fingerprint density at radius 3 is 2.68 bits per heavy atom. The number of piperidine rings is 1. The fraction of sp³-hybridized carbons (Fsp3) is 1.00. The van der Waals surface area contributed by atoms with Crippen LogP contribution >= 0.6 is 0 Å². The molecule has 0 aromatic heterocycles. The Morgan fingerprint density at radius 2 is 2.11 bits per heavy atom. The largest absolute Gasteiger partial charge is 0.319 e. The summed E-state index contributed by atoms with van der Waals surface area (Å²) in [7, 11) is 0.343. The van der Waals surface area contributed by atoms with E-state index in [2.05, 4.69) is 19.2 Å². The van der Waals surface area contributed by atoms with Crippen LogP contribution < -0.4 is 5.32 Å². The fourth-order valence-corrected chi connectivity index (χ4v) is 3.93. The van der Waals surface area contributed by atoms with Crippen molar-refractivity contribution in [2.24, 2.45) is 11.8 Å². The van der Waals surface area contributed by atoms with Crippen molar-refractivity contribution in [3.05, 3.63) is 0 Å². The van der Waals surface area contributed by atoms with Crippen LogP contribution in [0.2, 0.25) is 0 Å². The third-order valence-electron chi connectivity index (χ3n) is 3.72. The molecule has 19 heavy (non-hydrogen) atoms. The Bertz CT molecular complexity index is 355. The van der Waals surface area contributed by atoms with Crippen molar-refractivity contribution < 1.29 is 8.42 Å². The first-order valence-corrected chi connectivity index (χ1v) is 8.63. The zero-order valence-corrected chi connectivity index (χ0v) is 13.5. The Hall–Kier alpha value is -0.170. The molecule has 0 aliphatic carbocycles. The SMILES string of the molecule is CNCC1CCCN(S(=O)(=O)N(C)CCC(C)C)C1. The van der Waals surface area contributed by atoms with Gasteiger partial charge in [-0.25, -0.2) is 0 Å². The molecule has 1 aliphatic rings. The molecule has 1 aliphatic heterocycles. The van der Waals surface area contributed by atoms with Crippen molar-refractivity contribution in [2.45, 2.75) is 33.1 Å². The molecule has 1 saturated heterocycles. The highest BCUT2D eigenvalue weighted by atomic mass is 32.2. The highest BCUT2D eigenvalue weighted by molar-refractivity contribution is 7.86. The molecule has 6 heteroatoms. The van der Waals surface area contributed by atoms with Gasteiger partial charge in [0.2, 0.25) is 0 Å². The summed E-state index contributed by atoms with van der Waals surface area (Å²) in [5.41, 5.74) is 0. The summed E-state index contributed by atoms with van der Waals surface area (Å²) < 4.78 is 28.1. The predicted octanol–water partition coefficient (Wildman–Crippen LogP) is 1.14. The summed E-state index contributed by atoms with van der Waals surface area (Å²) in [4.78, 5) is 0. The Morgan fingerprint density at radius 1 is 1.42 bits per heavy atom. The number of nitrogens with one attached hydrogen (secondary N) is 1. The molecule has 1 atom stereocenters. The lowest BCUT2D eigenvalue weighted by Crippen LogP contribution is -2.48. The number of nitrogens with zero attached hydrogens (tertiary/aromatic N) is 2. The zero-order valence-electron chi connectivity index (χ0n) is 12.7. The normalized spacial score (nSPS) is 22.3. The van der Waals surface area contributed by atoms with Crippen LogP contribution in [0.3, 0.4) is 0 Å². The van der Waals surface area contributed by atoms with Crippen LogP contribution in [0.4, 0.5) is 0 Å². The molecule has 1 heterocycles. The van der Waals surface area contributed by atoms with Gasteiger partial charge in [-0.3, -0.25) is 0 Å². The predicted molar refractivity (Wildman–Crippen MR) is 79.2 cm³/mol. The molecule has 0 radical (unpaired) electrons. The van der Waals surface area contributed by atoms with Crippen molar-refractivity contribution in [1.29, 1.82) is 0 Å². The van der Waals surface area contributed by atoms with Crippen LogP contribution in [-0.4, -0.2) is 57.3 Å². The van der Waals surface area contributed by atoms with Gasteiger partial charge in [-0.1, -0.05) is 13.8 Å². The summed E-state index contributed by atoms with van der Waals surface area (Å²) in [5.74, 6) is 0.961. The summed E-state index contributed by atoms with van der Waals surface area (Å²) >= 11 is 0. The van der Waals surface area contributed by atoms with Crippen molar-refractivity contribution in [3.8, 4) is 0 Å². The monoisotopic (exact) mass is 291 g/mol. The van der Waals surface area contributed by atoms with E-state index in [0.29, 0.717) is 31.5 Å². The van der Waals surface area contributed by atoms with Gasteiger partial charge in [-0.15, -0.1) is 0 Å². The number of hydrogen-bond acceptors (Lipinski definition) is 3. The van der Waals surface area contributed by atoms with Gasteiger partial charge in [-0.05, 0) is 44.7 Å². The second kappa shape index (κ2) is 7.57. The van der Waals surface area contributed by atoms with Gasteiger partial charge >= 0.3 is 0 Å². The minimum atomic E-state index is -3.27. The third-order valence-corrected chi connectivity index (χ3v) is 5.67. The van der Waals surface area contributed by atoms with Crippen LogP contribution in [0.1, 0.15) is 33.1 Å². The fourth-order valence-electron chi connectivity index (χ4n) is 2.44. The molecule has 114 valence electrons. The molecule has 0 bridgehead atoms. The highest BCUT2D eigenvalue weighted by Crippen LogP contribution is 2.20. The number of rotatable bonds is 7. The van der Waals surface area contributed by atoms with E-state index in [1.54, 1.807) is 11.4 Å². The van der Waals surface area contributed by atoms with Gasteiger partial charge in [-0.2, -0.15) is 17.0 Å². The molecule has 1 rings (SSSR count). The first-order valence-electron chi connectivity index (χ1n) is 7.24. The standard InChI is InChI=1S/C13H29N3O2S/c1-12(2)7-9-15(4)19(17,18)16-8-5-6-13(11-16)10-14-3/h12-14H,5-11H2,1-4H3. The maximum Gasteiger partial charge on any atom is 0.281 e. The molecule has 1 fully saturated rings. The molecular formula is C13H29N3O2S. The van der Waals surface area contributed by atoms with Crippen LogP contribution in [0.15, 0.2) is 0 Å². The maximum atomic E-state index is 12.5. The second-order valence-electron chi connectivity index (χ2n) is 5.94. The van der Waals surface area contributed by atoms with Gasteiger partial charge in [0.05, 0.1) is 0 Å². The maximum absolute atomic E-state index is 12.5. The van der Waals surface area contributed by atoms with E-state index < -0.39 is 10.2 Å². The molecule has 0 aromatic carbocycles. The third kappa shape index (κ3) is 5.02. The molecular weight excluding hydrogens is 262 g/mol. The summed E-state index contributed by atoms with van der Waals surface area (Å²) in [6.45, 7) is 7.04. The average Bonchev–Trinajstić information content (AvgIpc) is 2.36. The Balaban J connectivity index is 2.60. The Kier molecular flexibility index (Phi) is 6.73. The quantitative estimate of drug-likeness (QED) is 0.765. The first-order chi connectivity index (χ1) is 8.87. The molecule has 1 N–H and O–H groups in total. The summed E-state index contributed by atoms with van der Waals surface area (Å²) in [6.07, 6.45) is 2.98. The van der Waals surface area contributed by atoms with Crippen molar-refractivity contribution in [1.82, 2.24) is 13.9 Å². The van der Waals surface area contributed by atoms with E-state index in [1.165, 1.54) is 4.31 Å². The van der Waals surface area contributed by atoms with Crippen LogP contribution in [0.25, 0.3) is 0 Å². The number of hydrogen-bond donors (Lipinski definition) is 1. The van der Waals surface area contributed by atoms with E-state index >= 15 is 0 Å². The molecule has 5 nitrogen and oxygen atoms in total. The molecule has 0 aromatic rings. The van der Waals surface area contributed by atoms with Gasteiger partial charge in [0.25, 0.3) is 10.2 Å². The molecule has 0 spiro atoms. The summed E-state index contributed by atoms with van der Waals surface area (Å²) in [5, 5.41) is 3.14. The molecule has 0 amide bonds. The summed E-state index contributed by atoms with van der Waals surface area (Å²) in [6, 6.07) is 0. The van der Waals surface area contributed by atoms with E-state index in [9.17, 15) is 8.42 Å². The minimum absolute atomic E-state index is 0.437. The van der Waals surface area contributed by atoms with Crippen LogP contribution in [0.5, 0.6) is 0 Å². The van der Waals surface area contributed by atoms with Crippen molar-refractivity contribution in [3.63, 3.8) is 0 Å². The molecule has 1 unspecified atom stereocenters. The zero-order chi connectivity index (χ0) is 14.5. The van der Waals surface area contributed by atoms with Crippen molar-refractivity contribution in [2.75, 3.05) is 40.3 Å². The molecule has 0 saturated carbocycles. The highest BCUT2D eigenvalue weighted by Gasteiger charge is 2.31. The van der Waals surface area contributed by atoms with E-state index in [-0.39, 0.29) is 0 Å². The van der Waals surface area contributed by atoms with Gasteiger partial charge in [0.15, 0.2) is 0 Å². The van der Waals surface area contributed by atoms with Gasteiger partial charge in [0, 0.05) is 26.7 Å². The first kappa shape index (κ1) is 16.9. The second-order valence-corrected chi connectivity index (χ2v) is 7.97. The van der Waals surface area contributed by atoms with Crippen molar-refractivity contribution >= 4 is 10.2 Å². The lowest BCUT2D eigenvalue weighted by Gasteiger charge is -2.34.